The highest BCUT2D eigenvalue weighted by Gasteiger charge is 2.22. The van der Waals surface area contributed by atoms with Gasteiger partial charge >= 0.3 is 5.69 Å². The number of rotatable bonds is 11. The standard InChI is InChI=1S/C24H25FN8O3/c1-35-19-12-15(14-36-10-7-25)11-17(13-19)20(30-18-5-3-16(4-6-18)21(26)27)22-31-24(34)33(32-22)23-28-8-2-9-29-23/h2-6,8-9,11-13,20,30H,7,10,14H2,1H3,(H3,26,27)(H,31,32,34). The van der Waals surface area contributed by atoms with Gasteiger partial charge < -0.3 is 20.5 Å². The molecular weight excluding hydrogens is 467 g/mol. The van der Waals surface area contributed by atoms with Crippen LogP contribution in [0.2, 0.25) is 0 Å². The number of benzene rings is 2. The summed E-state index contributed by atoms with van der Waals surface area (Å²) in [4.78, 5) is 23.7. The van der Waals surface area contributed by atoms with Gasteiger partial charge in [-0.1, -0.05) is 6.07 Å². The minimum Gasteiger partial charge on any atom is -0.497 e. The zero-order valence-corrected chi connectivity index (χ0v) is 19.4. The van der Waals surface area contributed by atoms with Gasteiger partial charge in [-0.05, 0) is 53.6 Å². The number of nitrogens with two attached hydrogens (primary N) is 1. The van der Waals surface area contributed by atoms with E-state index < -0.39 is 18.4 Å². The van der Waals surface area contributed by atoms with Crippen molar-refractivity contribution in [2.45, 2.75) is 12.6 Å². The third-order valence-electron chi connectivity index (χ3n) is 5.20. The van der Waals surface area contributed by atoms with Crippen LogP contribution in [0.5, 0.6) is 5.75 Å². The lowest BCUT2D eigenvalue weighted by molar-refractivity contribution is 0.106. The van der Waals surface area contributed by atoms with E-state index in [2.05, 4.69) is 25.4 Å². The summed E-state index contributed by atoms with van der Waals surface area (Å²) in [6, 6.07) is 13.4. The molecule has 0 spiro atoms. The van der Waals surface area contributed by atoms with E-state index in [0.717, 1.165) is 10.2 Å². The van der Waals surface area contributed by atoms with Crippen LogP contribution in [0, 0.1) is 5.41 Å². The summed E-state index contributed by atoms with van der Waals surface area (Å²) in [6.07, 6.45) is 3.03. The van der Waals surface area contributed by atoms with Crippen LogP contribution in [-0.4, -0.2) is 51.0 Å². The van der Waals surface area contributed by atoms with Crippen LogP contribution in [0.15, 0.2) is 65.7 Å². The highest BCUT2D eigenvalue weighted by Crippen LogP contribution is 2.29. The number of aromatic nitrogens is 5. The zero-order valence-electron chi connectivity index (χ0n) is 19.4. The van der Waals surface area contributed by atoms with Crippen molar-refractivity contribution < 1.29 is 13.9 Å². The molecule has 5 N–H and O–H groups in total. The number of hydrogen-bond acceptors (Lipinski definition) is 8. The predicted molar refractivity (Wildman–Crippen MR) is 131 cm³/mol. The van der Waals surface area contributed by atoms with Gasteiger partial charge in [-0.25, -0.2) is 19.2 Å². The Hall–Kier alpha value is -4.58. The van der Waals surface area contributed by atoms with Gasteiger partial charge in [0.1, 0.15) is 24.3 Å². The molecule has 0 aliphatic rings. The first-order chi connectivity index (χ1) is 17.5. The second-order valence-electron chi connectivity index (χ2n) is 7.70. The third-order valence-corrected chi connectivity index (χ3v) is 5.20. The third kappa shape index (κ3) is 5.73. The lowest BCUT2D eigenvalue weighted by Gasteiger charge is -2.20. The molecule has 11 nitrogen and oxygen atoms in total. The Morgan fingerprint density at radius 2 is 1.97 bits per heavy atom. The Kier molecular flexibility index (Phi) is 7.66. The van der Waals surface area contributed by atoms with Gasteiger partial charge in [-0.15, -0.1) is 9.78 Å². The van der Waals surface area contributed by atoms with E-state index in [1.54, 1.807) is 42.5 Å². The summed E-state index contributed by atoms with van der Waals surface area (Å²) in [5.41, 5.74) is 7.78. The van der Waals surface area contributed by atoms with Gasteiger partial charge in [0.2, 0.25) is 0 Å². The number of amidine groups is 1. The van der Waals surface area contributed by atoms with Gasteiger partial charge in [0.15, 0.2) is 5.82 Å². The molecule has 0 aliphatic heterocycles. The van der Waals surface area contributed by atoms with Crippen molar-refractivity contribution in [3.8, 4) is 11.7 Å². The average Bonchev–Trinajstić information content (AvgIpc) is 3.29. The van der Waals surface area contributed by atoms with Gasteiger partial charge in [-0.2, -0.15) is 0 Å². The molecule has 1 atom stereocenters. The number of alkyl halides is 1. The van der Waals surface area contributed by atoms with E-state index in [9.17, 15) is 9.18 Å². The summed E-state index contributed by atoms with van der Waals surface area (Å²) in [7, 11) is 1.54. The van der Waals surface area contributed by atoms with Crippen LogP contribution in [0.1, 0.15) is 28.6 Å². The molecule has 36 heavy (non-hydrogen) atoms. The molecular formula is C24H25FN8O3. The largest absolute Gasteiger partial charge is 0.497 e. The summed E-state index contributed by atoms with van der Waals surface area (Å²) in [6.45, 7) is -0.431. The number of anilines is 1. The smallest absolute Gasteiger partial charge is 0.350 e. The number of halogens is 1. The fourth-order valence-corrected chi connectivity index (χ4v) is 3.53. The van der Waals surface area contributed by atoms with Crippen LogP contribution in [0.25, 0.3) is 5.95 Å². The monoisotopic (exact) mass is 492 g/mol. The second kappa shape index (κ2) is 11.2. The number of methoxy groups -OCH3 is 1. The minimum atomic E-state index is -0.638. The maximum absolute atomic E-state index is 12.7. The van der Waals surface area contributed by atoms with Crippen molar-refractivity contribution in [3.63, 3.8) is 0 Å². The molecule has 4 aromatic rings. The normalized spacial score (nSPS) is 11.7. The maximum Gasteiger partial charge on any atom is 0.350 e. The summed E-state index contributed by atoms with van der Waals surface area (Å²) in [5.74, 6) is 0.931. The molecule has 0 bridgehead atoms. The summed E-state index contributed by atoms with van der Waals surface area (Å²) >= 11 is 0. The molecule has 2 aromatic carbocycles. The fourth-order valence-electron chi connectivity index (χ4n) is 3.53. The van der Waals surface area contributed by atoms with Crippen molar-refractivity contribution in [2.24, 2.45) is 5.73 Å². The quantitative estimate of drug-likeness (QED) is 0.141. The highest BCUT2D eigenvalue weighted by molar-refractivity contribution is 5.95. The average molecular weight is 493 g/mol. The first-order valence-corrected chi connectivity index (χ1v) is 11.0. The molecule has 0 saturated carbocycles. The van der Waals surface area contributed by atoms with Crippen molar-refractivity contribution in [3.05, 3.63) is 93.9 Å². The first-order valence-electron chi connectivity index (χ1n) is 11.0. The van der Waals surface area contributed by atoms with Gasteiger partial charge in [0.25, 0.3) is 5.95 Å². The van der Waals surface area contributed by atoms with Crippen LogP contribution < -0.4 is 21.5 Å². The lowest BCUT2D eigenvalue weighted by Crippen LogP contribution is -2.18. The van der Waals surface area contributed by atoms with Gasteiger partial charge in [0, 0.05) is 23.6 Å². The van der Waals surface area contributed by atoms with E-state index in [-0.39, 0.29) is 25.0 Å². The Morgan fingerprint density at radius 3 is 2.64 bits per heavy atom. The van der Waals surface area contributed by atoms with E-state index in [0.29, 0.717) is 28.4 Å². The van der Waals surface area contributed by atoms with E-state index in [4.69, 9.17) is 20.6 Å². The van der Waals surface area contributed by atoms with Gasteiger partial charge in [0.05, 0.1) is 20.3 Å². The van der Waals surface area contributed by atoms with E-state index >= 15 is 0 Å². The number of nitrogens with zero attached hydrogens (tertiary/aromatic N) is 4. The topological polar surface area (TPSA) is 157 Å². The Morgan fingerprint density at radius 1 is 1.22 bits per heavy atom. The summed E-state index contributed by atoms with van der Waals surface area (Å²) < 4.78 is 24.4. The van der Waals surface area contributed by atoms with Crippen LogP contribution in [0.3, 0.4) is 0 Å². The van der Waals surface area contributed by atoms with Crippen molar-refractivity contribution in [2.75, 3.05) is 25.7 Å². The van der Waals surface area contributed by atoms with E-state index in [1.807, 2.05) is 6.07 Å². The van der Waals surface area contributed by atoms with E-state index in [1.165, 1.54) is 19.5 Å². The SMILES string of the molecule is COc1cc(COCCF)cc(C(Nc2ccc(C(=N)N)cc2)c2nn(-c3ncccn3)c(=O)[nH]2)c1. The Balaban J connectivity index is 1.77. The number of nitrogen functional groups attached to an aromatic ring is 1. The van der Waals surface area contributed by atoms with Crippen molar-refractivity contribution in [1.29, 1.82) is 5.41 Å². The molecule has 0 saturated heterocycles. The predicted octanol–water partition coefficient (Wildman–Crippen LogP) is 2.33. The molecule has 2 heterocycles. The second-order valence-corrected chi connectivity index (χ2v) is 7.70. The van der Waals surface area contributed by atoms with Crippen molar-refractivity contribution >= 4 is 11.5 Å². The lowest BCUT2D eigenvalue weighted by atomic mass is 10.0. The zero-order chi connectivity index (χ0) is 25.5. The molecule has 4 rings (SSSR count). The molecule has 1 unspecified atom stereocenters. The first kappa shape index (κ1) is 24.5. The Labute approximate surface area is 205 Å². The fraction of sp³-hybridized carbons (Fsp3) is 0.208. The van der Waals surface area contributed by atoms with Crippen LogP contribution in [-0.2, 0) is 11.3 Å². The number of nitrogens with one attached hydrogen (secondary N) is 3. The Bertz CT molecular complexity index is 1370. The molecule has 0 radical (unpaired) electrons. The molecule has 2 aromatic heterocycles. The molecule has 0 aliphatic carbocycles. The van der Waals surface area contributed by atoms with Crippen LogP contribution >= 0.6 is 0 Å². The van der Waals surface area contributed by atoms with Gasteiger partial charge in [-0.3, -0.25) is 10.4 Å². The van der Waals surface area contributed by atoms with Crippen molar-refractivity contribution in [1.82, 2.24) is 24.7 Å². The number of aromatic amines is 1. The van der Waals surface area contributed by atoms with Crippen LogP contribution in [0.4, 0.5) is 10.1 Å². The molecule has 0 fully saturated rings. The number of hydrogen-bond donors (Lipinski definition) is 4. The molecule has 12 heteroatoms. The maximum atomic E-state index is 12.7. The molecule has 0 amide bonds. The minimum absolute atomic E-state index is 0.0223. The number of H-pyrrole nitrogens is 1. The summed E-state index contributed by atoms with van der Waals surface area (Å²) in [5, 5.41) is 15.4. The number of ether oxygens (including phenoxy) is 2. The highest BCUT2D eigenvalue weighted by atomic mass is 19.1. The molecule has 186 valence electrons.